The monoisotopic (exact) mass is 288 g/mol. The average molecular weight is 288 g/mol. The molecule has 0 spiro atoms. The van der Waals surface area contributed by atoms with E-state index in [-0.39, 0.29) is 11.2 Å². The molecule has 6 nitrogen and oxygen atoms in total. The van der Waals surface area contributed by atoms with Gasteiger partial charge in [-0.05, 0) is 18.6 Å². The predicted octanol–water partition coefficient (Wildman–Crippen LogP) is 2.71. The van der Waals surface area contributed by atoms with Gasteiger partial charge < -0.3 is 4.74 Å². The number of ether oxygens (including phenoxy) is 1. The largest absolute Gasteiger partial charge is 0.494 e. The highest BCUT2D eigenvalue weighted by atomic mass is 16.6. The lowest BCUT2D eigenvalue weighted by Crippen LogP contribution is -2.21. The third-order valence-corrected chi connectivity index (χ3v) is 3.18. The van der Waals surface area contributed by atoms with Gasteiger partial charge in [-0.25, -0.2) is 0 Å². The van der Waals surface area contributed by atoms with Crippen LogP contribution in [0.25, 0.3) is 5.69 Å². The van der Waals surface area contributed by atoms with Crippen LogP contribution in [-0.4, -0.2) is 16.6 Å². The maximum absolute atomic E-state index is 12.4. The number of nitro benzene ring substituents is 1. The van der Waals surface area contributed by atoms with Crippen molar-refractivity contribution in [3.05, 3.63) is 62.6 Å². The number of methoxy groups -OCH3 is 1. The molecule has 110 valence electrons. The predicted molar refractivity (Wildman–Crippen MR) is 79.2 cm³/mol. The Balaban J connectivity index is 2.59. The number of benzene rings is 1. The number of aromatic nitrogens is 1. The fourth-order valence-electron chi connectivity index (χ4n) is 2.17. The van der Waals surface area contributed by atoms with Crippen LogP contribution in [0.15, 0.2) is 41.3 Å². The average Bonchev–Trinajstić information content (AvgIpc) is 2.49. The molecule has 1 aromatic heterocycles. The summed E-state index contributed by atoms with van der Waals surface area (Å²) >= 11 is 0. The molecule has 2 aromatic rings. The van der Waals surface area contributed by atoms with Crippen LogP contribution < -0.4 is 10.3 Å². The molecule has 0 N–H and O–H groups in total. The van der Waals surface area contributed by atoms with Crippen LogP contribution >= 0.6 is 0 Å². The highest BCUT2D eigenvalue weighted by Crippen LogP contribution is 2.26. The van der Waals surface area contributed by atoms with Gasteiger partial charge in [-0.1, -0.05) is 19.4 Å². The van der Waals surface area contributed by atoms with E-state index in [9.17, 15) is 14.9 Å². The lowest BCUT2D eigenvalue weighted by Gasteiger charge is -2.11. The number of nitrogens with zero attached hydrogens (tertiary/aromatic N) is 2. The molecule has 0 saturated carbocycles. The molecule has 0 bridgehead atoms. The van der Waals surface area contributed by atoms with Gasteiger partial charge in [0.25, 0.3) is 11.2 Å². The molecule has 0 radical (unpaired) electrons. The molecule has 0 aliphatic heterocycles. The van der Waals surface area contributed by atoms with E-state index in [1.165, 1.54) is 29.9 Å². The lowest BCUT2D eigenvalue weighted by atomic mass is 10.1. The van der Waals surface area contributed by atoms with Gasteiger partial charge in [-0.3, -0.25) is 19.5 Å². The summed E-state index contributed by atoms with van der Waals surface area (Å²) in [4.78, 5) is 22.7. The van der Waals surface area contributed by atoms with Gasteiger partial charge in [-0.15, -0.1) is 0 Å². The highest BCUT2D eigenvalue weighted by molar-refractivity contribution is 5.53. The van der Waals surface area contributed by atoms with Crippen molar-refractivity contribution in [3.8, 4) is 11.4 Å². The summed E-state index contributed by atoms with van der Waals surface area (Å²) in [5.74, 6) is 0.292. The van der Waals surface area contributed by atoms with E-state index in [4.69, 9.17) is 4.74 Å². The molecule has 0 amide bonds. The molecule has 1 aromatic carbocycles. The third kappa shape index (κ3) is 2.94. The highest BCUT2D eigenvalue weighted by Gasteiger charge is 2.14. The molecule has 0 aliphatic carbocycles. The first-order chi connectivity index (χ1) is 10.1. The molecular formula is C15H16N2O4. The number of aryl methyl sites for hydroxylation is 1. The van der Waals surface area contributed by atoms with Crippen molar-refractivity contribution in [2.45, 2.75) is 19.8 Å². The Kier molecular flexibility index (Phi) is 4.37. The number of rotatable bonds is 5. The van der Waals surface area contributed by atoms with Crippen molar-refractivity contribution in [3.63, 3.8) is 0 Å². The zero-order valence-corrected chi connectivity index (χ0v) is 11.9. The normalized spacial score (nSPS) is 10.4. The van der Waals surface area contributed by atoms with Gasteiger partial charge in [0.15, 0.2) is 0 Å². The zero-order chi connectivity index (χ0) is 15.4. The topological polar surface area (TPSA) is 74.4 Å². The second kappa shape index (κ2) is 6.21. The van der Waals surface area contributed by atoms with Crippen molar-refractivity contribution in [1.29, 1.82) is 0 Å². The number of hydrogen-bond acceptors (Lipinski definition) is 4. The zero-order valence-electron chi connectivity index (χ0n) is 11.9. The van der Waals surface area contributed by atoms with E-state index in [1.54, 1.807) is 18.3 Å². The van der Waals surface area contributed by atoms with Crippen molar-refractivity contribution in [2.75, 3.05) is 7.11 Å². The molecule has 2 rings (SSSR count). The Morgan fingerprint density at radius 3 is 2.71 bits per heavy atom. The van der Waals surface area contributed by atoms with Crippen molar-refractivity contribution >= 4 is 5.69 Å². The number of nitro groups is 1. The molecule has 0 fully saturated rings. The first-order valence-corrected chi connectivity index (χ1v) is 6.61. The smallest absolute Gasteiger partial charge is 0.273 e. The van der Waals surface area contributed by atoms with E-state index in [0.717, 1.165) is 6.42 Å². The maximum Gasteiger partial charge on any atom is 0.273 e. The molecule has 0 aliphatic rings. The first-order valence-electron chi connectivity index (χ1n) is 6.61. The minimum Gasteiger partial charge on any atom is -0.494 e. The van der Waals surface area contributed by atoms with Crippen LogP contribution in [0.2, 0.25) is 0 Å². The molecule has 1 heterocycles. The van der Waals surface area contributed by atoms with E-state index >= 15 is 0 Å². The Bertz CT molecular complexity index is 722. The van der Waals surface area contributed by atoms with Gasteiger partial charge in [0.2, 0.25) is 0 Å². The van der Waals surface area contributed by atoms with Gasteiger partial charge >= 0.3 is 0 Å². The van der Waals surface area contributed by atoms with Crippen molar-refractivity contribution in [2.24, 2.45) is 0 Å². The Morgan fingerprint density at radius 2 is 2.10 bits per heavy atom. The minimum atomic E-state index is -0.497. The fraction of sp³-hybridized carbons (Fsp3) is 0.267. The van der Waals surface area contributed by atoms with Gasteiger partial charge in [0, 0.05) is 17.8 Å². The van der Waals surface area contributed by atoms with E-state index < -0.39 is 4.92 Å². The second-order valence-corrected chi connectivity index (χ2v) is 4.57. The second-order valence-electron chi connectivity index (χ2n) is 4.57. The number of pyridine rings is 1. The molecule has 0 unspecified atom stereocenters. The summed E-state index contributed by atoms with van der Waals surface area (Å²) in [5.41, 5.74) is 0.992. The summed E-state index contributed by atoms with van der Waals surface area (Å²) in [7, 11) is 1.42. The molecule has 21 heavy (non-hydrogen) atoms. The van der Waals surface area contributed by atoms with Gasteiger partial charge in [-0.2, -0.15) is 0 Å². The Labute approximate surface area is 121 Å². The van der Waals surface area contributed by atoms with Gasteiger partial charge in [0.05, 0.1) is 23.8 Å². The molecular weight excluding hydrogens is 272 g/mol. The Hall–Kier alpha value is -2.63. The quantitative estimate of drug-likeness (QED) is 0.626. The van der Waals surface area contributed by atoms with Crippen molar-refractivity contribution in [1.82, 2.24) is 4.57 Å². The summed E-state index contributed by atoms with van der Waals surface area (Å²) in [6, 6.07) is 7.77. The molecule has 0 atom stereocenters. The van der Waals surface area contributed by atoms with Gasteiger partial charge in [0.1, 0.15) is 5.75 Å². The van der Waals surface area contributed by atoms with Crippen LogP contribution in [0, 0.1) is 10.1 Å². The maximum atomic E-state index is 12.4. The number of hydrogen-bond donors (Lipinski definition) is 0. The summed E-state index contributed by atoms with van der Waals surface area (Å²) < 4.78 is 6.63. The van der Waals surface area contributed by atoms with Crippen LogP contribution in [0.5, 0.6) is 5.75 Å². The first kappa shape index (κ1) is 14.8. The number of non-ortho nitro benzene ring substituents is 1. The van der Waals surface area contributed by atoms with Crippen LogP contribution in [0.1, 0.15) is 18.9 Å². The fourth-order valence-corrected chi connectivity index (χ4v) is 2.17. The van der Waals surface area contributed by atoms with E-state index in [2.05, 4.69) is 0 Å². The minimum absolute atomic E-state index is 0.0756. The van der Waals surface area contributed by atoms with Crippen LogP contribution in [0.4, 0.5) is 5.69 Å². The summed E-state index contributed by atoms with van der Waals surface area (Å²) in [5, 5.41) is 10.8. The summed E-state index contributed by atoms with van der Waals surface area (Å²) in [6.07, 6.45) is 3.19. The standard InChI is InChI=1S/C15H16N2O4/c1-3-5-11-6-4-9-16(15(11)18)13-8-7-12(17(19)20)10-14(13)21-2/h4,6-10H,3,5H2,1-2H3. The summed E-state index contributed by atoms with van der Waals surface area (Å²) in [6.45, 7) is 2.00. The van der Waals surface area contributed by atoms with Crippen LogP contribution in [0.3, 0.4) is 0 Å². The van der Waals surface area contributed by atoms with Crippen molar-refractivity contribution < 1.29 is 9.66 Å². The molecule has 0 saturated heterocycles. The SMILES string of the molecule is CCCc1cccn(-c2ccc([N+](=O)[O-])cc2OC)c1=O. The van der Waals surface area contributed by atoms with E-state index in [1.807, 2.05) is 6.92 Å². The van der Waals surface area contributed by atoms with E-state index in [0.29, 0.717) is 23.4 Å². The Morgan fingerprint density at radius 1 is 1.33 bits per heavy atom. The lowest BCUT2D eigenvalue weighted by molar-refractivity contribution is -0.384. The third-order valence-electron chi connectivity index (χ3n) is 3.18. The molecule has 6 heteroatoms. The van der Waals surface area contributed by atoms with Crippen LogP contribution in [-0.2, 0) is 6.42 Å².